The van der Waals surface area contributed by atoms with E-state index in [1.165, 1.54) is 154 Å². The summed E-state index contributed by atoms with van der Waals surface area (Å²) in [6.07, 6.45) is 39.2. The smallest absolute Gasteiger partial charge is 0.260 e. The third-order valence-electron chi connectivity index (χ3n) is 8.22. The molecule has 0 N–H and O–H groups in total. The summed E-state index contributed by atoms with van der Waals surface area (Å²) in [5, 5.41) is 4.41. The second-order valence-electron chi connectivity index (χ2n) is 12.4. The Morgan fingerprint density at radius 2 is 0.524 bits per heavy atom. The molecule has 0 saturated carbocycles. The first-order valence-corrected chi connectivity index (χ1v) is 18.3. The maximum absolute atomic E-state index is 11.7. The van der Waals surface area contributed by atoms with Gasteiger partial charge in [0.1, 0.15) is 0 Å². The summed E-state index contributed by atoms with van der Waals surface area (Å²) in [5.74, 6) is -0.945. The molecule has 0 aliphatic rings. The molecule has 0 amide bonds. The van der Waals surface area contributed by atoms with Gasteiger partial charge in [0.05, 0.1) is 0 Å². The minimum atomic E-state index is -0.473. The van der Waals surface area contributed by atoms with Gasteiger partial charge in [-0.3, -0.25) is 9.78 Å². The van der Waals surface area contributed by atoms with Crippen LogP contribution in [0.4, 0.5) is 0 Å². The maximum Gasteiger partial charge on any atom is 2.00 e. The molecule has 0 bridgehead atoms. The largest absolute Gasteiger partial charge is 2.00 e. The first-order chi connectivity index (χ1) is 20.2. The number of carbonyl (C=O) groups excluding carboxylic acids is 2. The van der Waals surface area contributed by atoms with E-state index in [4.69, 9.17) is 0 Å². The van der Waals surface area contributed by atoms with Crippen LogP contribution < -0.4 is 0 Å². The Morgan fingerprint density at radius 1 is 0.333 bits per heavy atom. The second-order valence-corrected chi connectivity index (χ2v) is 12.4. The average molecular weight is 623 g/mol. The zero-order valence-electron chi connectivity index (χ0n) is 28.4. The molecule has 5 nitrogen and oxygen atoms in total. The van der Waals surface area contributed by atoms with E-state index in [-0.39, 0.29) is 37.7 Å². The molecule has 0 aliphatic heterocycles. The van der Waals surface area contributed by atoms with Crippen LogP contribution in [-0.2, 0) is 24.4 Å². The van der Waals surface area contributed by atoms with Crippen molar-refractivity contribution in [3.05, 3.63) is 0 Å². The Hall–Kier alpha value is 0.160. The number of hydrogen-bond acceptors (Lipinski definition) is 5. The van der Waals surface area contributed by atoms with Gasteiger partial charge in [-0.05, 0) is 12.8 Å². The van der Waals surface area contributed by atoms with Crippen molar-refractivity contribution in [1.29, 1.82) is 0 Å². The summed E-state index contributed by atoms with van der Waals surface area (Å²) in [6.45, 7) is 4.54. The summed E-state index contributed by atoms with van der Waals surface area (Å²) in [5.41, 5.74) is 0. The Bertz CT molecular complexity index is 497. The van der Waals surface area contributed by atoms with E-state index < -0.39 is 11.9 Å². The van der Waals surface area contributed by atoms with Crippen LogP contribution in [-0.4, -0.2) is 49.7 Å². The SMILES string of the molecule is CCCCCCCCCCCCCCCCCC(=O)OOOC(=O)CCCCCCCCCCCCCCCCC.[Ca+2]. The molecule has 0 unspecified atom stereocenters. The van der Waals surface area contributed by atoms with Gasteiger partial charge in [-0.1, -0.05) is 194 Å². The predicted octanol–water partition coefficient (Wildman–Crippen LogP) is 12.1. The van der Waals surface area contributed by atoms with Gasteiger partial charge in [0.15, 0.2) is 0 Å². The third-order valence-corrected chi connectivity index (χ3v) is 8.22. The van der Waals surface area contributed by atoms with Gasteiger partial charge < -0.3 is 0 Å². The van der Waals surface area contributed by atoms with E-state index in [1.807, 2.05) is 0 Å². The minimum absolute atomic E-state index is 0. The molecule has 0 aromatic rings. The molecule has 0 heterocycles. The minimum Gasteiger partial charge on any atom is -0.260 e. The van der Waals surface area contributed by atoms with Crippen molar-refractivity contribution >= 4 is 49.7 Å². The number of rotatable bonds is 34. The van der Waals surface area contributed by atoms with Crippen LogP contribution in [0.3, 0.4) is 0 Å². The van der Waals surface area contributed by atoms with Crippen LogP contribution in [0.5, 0.6) is 0 Å². The van der Waals surface area contributed by atoms with E-state index in [1.54, 1.807) is 0 Å². The molecule has 42 heavy (non-hydrogen) atoms. The van der Waals surface area contributed by atoms with Crippen LogP contribution >= 0.6 is 0 Å². The Morgan fingerprint density at radius 3 is 0.738 bits per heavy atom. The van der Waals surface area contributed by atoms with Crippen LogP contribution in [0.2, 0.25) is 0 Å². The number of hydrogen-bond donors (Lipinski definition) is 0. The van der Waals surface area contributed by atoms with Gasteiger partial charge >= 0.3 is 49.7 Å². The average Bonchev–Trinajstić information content (AvgIpc) is 2.97. The van der Waals surface area contributed by atoms with Crippen LogP contribution in [0.1, 0.15) is 219 Å². The molecule has 0 aliphatic carbocycles. The molecule has 0 saturated heterocycles. The van der Waals surface area contributed by atoms with Gasteiger partial charge in [0.2, 0.25) is 0 Å². The summed E-state index contributed by atoms with van der Waals surface area (Å²) < 4.78 is 0. The second kappa shape index (κ2) is 39.2. The fraction of sp³-hybridized carbons (Fsp3) is 0.944. The Kier molecular flexibility index (Phi) is 41.3. The monoisotopic (exact) mass is 622 g/mol. The van der Waals surface area contributed by atoms with Crippen molar-refractivity contribution in [3.63, 3.8) is 0 Å². The van der Waals surface area contributed by atoms with Crippen molar-refractivity contribution in [3.8, 4) is 0 Å². The topological polar surface area (TPSA) is 61.8 Å². The summed E-state index contributed by atoms with van der Waals surface area (Å²) in [4.78, 5) is 32.6. The normalized spacial score (nSPS) is 10.9. The molecule has 244 valence electrons. The molecule has 0 radical (unpaired) electrons. The molecular formula is C36H70CaO5+2. The zero-order valence-corrected chi connectivity index (χ0v) is 30.6. The first-order valence-electron chi connectivity index (χ1n) is 18.3. The van der Waals surface area contributed by atoms with Gasteiger partial charge in [0, 0.05) is 17.9 Å². The first kappa shape index (κ1) is 44.3. The van der Waals surface area contributed by atoms with Crippen LogP contribution in [0, 0.1) is 0 Å². The van der Waals surface area contributed by atoms with Crippen LogP contribution in [0.15, 0.2) is 0 Å². The summed E-state index contributed by atoms with van der Waals surface area (Å²) in [7, 11) is 0. The summed E-state index contributed by atoms with van der Waals surface area (Å²) in [6, 6.07) is 0. The molecule has 6 heteroatoms. The number of carbonyl (C=O) groups is 2. The summed E-state index contributed by atoms with van der Waals surface area (Å²) >= 11 is 0. The maximum atomic E-state index is 11.7. The Balaban J connectivity index is 0. The number of unbranched alkanes of at least 4 members (excludes halogenated alkanes) is 28. The fourth-order valence-corrected chi connectivity index (χ4v) is 5.46. The van der Waals surface area contributed by atoms with Crippen molar-refractivity contribution < 1.29 is 24.4 Å². The van der Waals surface area contributed by atoms with Crippen molar-refractivity contribution in [2.45, 2.75) is 219 Å². The van der Waals surface area contributed by atoms with Gasteiger partial charge in [-0.2, -0.15) is 0 Å². The van der Waals surface area contributed by atoms with Crippen molar-refractivity contribution in [2.75, 3.05) is 0 Å². The quantitative estimate of drug-likeness (QED) is 0.0309. The van der Waals surface area contributed by atoms with Crippen molar-refractivity contribution in [1.82, 2.24) is 0 Å². The molecule has 0 aromatic heterocycles. The molecule has 0 spiro atoms. The Labute approximate surface area is 291 Å². The molecule has 0 aromatic carbocycles. The van der Waals surface area contributed by atoms with E-state index in [0.29, 0.717) is 12.8 Å². The molecule has 0 rings (SSSR count). The predicted molar refractivity (Wildman–Crippen MR) is 178 cm³/mol. The van der Waals surface area contributed by atoms with Gasteiger partial charge in [-0.15, -0.1) is 0 Å². The van der Waals surface area contributed by atoms with E-state index in [0.717, 1.165) is 38.5 Å². The van der Waals surface area contributed by atoms with Gasteiger partial charge in [-0.25, -0.2) is 9.59 Å². The van der Waals surface area contributed by atoms with E-state index in [2.05, 4.69) is 28.7 Å². The zero-order chi connectivity index (χ0) is 29.9. The standard InChI is InChI=1S/C36H70O5.Ca/c1-3-5-7-9-11-13-15-17-19-21-23-25-27-29-31-33-35(37)39-41-40-36(38)34-32-30-28-26-24-22-20-18-16-14-12-10-8-6-4-2;/h3-34H2,1-2H3;/q;+2. The van der Waals surface area contributed by atoms with E-state index >= 15 is 0 Å². The molecule has 0 atom stereocenters. The van der Waals surface area contributed by atoms with Gasteiger partial charge in [0.25, 0.3) is 0 Å². The van der Waals surface area contributed by atoms with Crippen LogP contribution in [0.25, 0.3) is 0 Å². The van der Waals surface area contributed by atoms with Crippen molar-refractivity contribution in [2.24, 2.45) is 0 Å². The third kappa shape index (κ3) is 38.2. The fourth-order valence-electron chi connectivity index (χ4n) is 5.46. The molecule has 0 fully saturated rings. The molecular weight excluding hydrogens is 552 g/mol. The van der Waals surface area contributed by atoms with E-state index in [9.17, 15) is 9.59 Å².